The molecule has 0 aromatic carbocycles. The maximum absolute atomic E-state index is 12.7. The molecule has 2 aliphatic heterocycles. The maximum Gasteiger partial charge on any atom is 0.256 e. The second-order valence-electron chi connectivity index (χ2n) is 7.48. The predicted octanol–water partition coefficient (Wildman–Crippen LogP) is 2.41. The number of aliphatic imine (C=N–C) groups is 1. The van der Waals surface area contributed by atoms with Gasteiger partial charge in [0.25, 0.3) is 5.56 Å². The molecular formula is C20H23N7OS. The van der Waals surface area contributed by atoms with Gasteiger partial charge in [-0.15, -0.1) is 0 Å². The van der Waals surface area contributed by atoms with Crippen LogP contribution < -0.4 is 15.8 Å². The first kappa shape index (κ1) is 18.3. The van der Waals surface area contributed by atoms with Crippen molar-refractivity contribution < 1.29 is 0 Å². The number of aryl methyl sites for hydroxylation is 1. The molecule has 3 aromatic heterocycles. The first-order valence-corrected chi connectivity index (χ1v) is 10.7. The lowest BCUT2D eigenvalue weighted by molar-refractivity contribution is 0.443. The van der Waals surface area contributed by atoms with Crippen molar-refractivity contribution in [2.24, 2.45) is 4.99 Å². The molecule has 29 heavy (non-hydrogen) atoms. The molecule has 8 nitrogen and oxygen atoms in total. The first-order chi connectivity index (χ1) is 14.2. The van der Waals surface area contributed by atoms with E-state index in [0.717, 1.165) is 65.1 Å². The molecule has 0 saturated carbocycles. The van der Waals surface area contributed by atoms with Gasteiger partial charge in [0.05, 0.1) is 11.9 Å². The summed E-state index contributed by atoms with van der Waals surface area (Å²) in [5, 5.41) is 12.1. The van der Waals surface area contributed by atoms with Gasteiger partial charge in [-0.05, 0) is 44.0 Å². The molecule has 0 spiro atoms. The number of hydrogen-bond acceptors (Lipinski definition) is 7. The Labute approximate surface area is 172 Å². The molecule has 150 valence electrons. The van der Waals surface area contributed by atoms with Crippen molar-refractivity contribution in [2.75, 3.05) is 25.0 Å². The standard InChI is InChI=1S/C20H23N7OS/c1-26(15-4-7-21-8-5-15)20-24-16-2-3-17(25-19(16)29-20)27-9-6-13(10-18(27)28)14-11-22-23-12-14/h6,9-12,15,21H,2-5,7-8H2,1H3,(H,22,23). The number of piperidine rings is 1. The van der Waals surface area contributed by atoms with Crippen LogP contribution in [-0.4, -0.2) is 51.8 Å². The van der Waals surface area contributed by atoms with Crippen molar-refractivity contribution in [1.82, 2.24) is 25.1 Å². The molecule has 2 aliphatic rings. The summed E-state index contributed by atoms with van der Waals surface area (Å²) in [5.74, 6) is 0.779. The van der Waals surface area contributed by atoms with Crippen LogP contribution in [0.2, 0.25) is 0 Å². The Balaban J connectivity index is 1.41. The Hall–Kier alpha value is -2.78. The van der Waals surface area contributed by atoms with E-state index >= 15 is 0 Å². The second kappa shape index (κ2) is 7.57. The number of pyridine rings is 1. The van der Waals surface area contributed by atoms with Gasteiger partial charge in [0.15, 0.2) is 5.13 Å². The van der Waals surface area contributed by atoms with Crippen LogP contribution in [-0.2, 0) is 6.42 Å². The zero-order valence-electron chi connectivity index (χ0n) is 16.3. The summed E-state index contributed by atoms with van der Waals surface area (Å²) in [7, 11) is 2.13. The van der Waals surface area contributed by atoms with E-state index in [1.54, 1.807) is 40.6 Å². The second-order valence-corrected chi connectivity index (χ2v) is 8.44. The average molecular weight is 410 g/mol. The van der Waals surface area contributed by atoms with Crippen LogP contribution in [0, 0.1) is 0 Å². The fourth-order valence-corrected chi connectivity index (χ4v) is 4.98. The minimum absolute atomic E-state index is 0.0811. The topological polar surface area (TPSA) is 91.2 Å². The fourth-order valence-electron chi connectivity index (χ4n) is 3.94. The summed E-state index contributed by atoms with van der Waals surface area (Å²) in [6.07, 6.45) is 9.07. The highest BCUT2D eigenvalue weighted by atomic mass is 32.1. The third kappa shape index (κ3) is 3.51. The Morgan fingerprint density at radius 2 is 2.10 bits per heavy atom. The Morgan fingerprint density at radius 1 is 1.24 bits per heavy atom. The summed E-state index contributed by atoms with van der Waals surface area (Å²) in [5.41, 5.74) is 2.70. The zero-order chi connectivity index (χ0) is 19.8. The van der Waals surface area contributed by atoms with Crippen molar-refractivity contribution in [3.05, 3.63) is 46.8 Å². The van der Waals surface area contributed by atoms with Crippen molar-refractivity contribution in [3.63, 3.8) is 0 Å². The van der Waals surface area contributed by atoms with Crippen molar-refractivity contribution in [3.8, 4) is 11.1 Å². The lowest BCUT2D eigenvalue weighted by Crippen LogP contribution is -2.41. The molecule has 2 N–H and O–H groups in total. The lowest BCUT2D eigenvalue weighted by Gasteiger charge is -2.31. The summed E-state index contributed by atoms with van der Waals surface area (Å²) in [4.78, 5) is 24.6. The quantitative estimate of drug-likeness (QED) is 0.693. The van der Waals surface area contributed by atoms with Crippen LogP contribution in [0.15, 0.2) is 40.5 Å². The molecule has 1 saturated heterocycles. The van der Waals surface area contributed by atoms with Gasteiger partial charge in [0, 0.05) is 43.5 Å². The molecule has 0 bridgehead atoms. The third-order valence-electron chi connectivity index (χ3n) is 5.67. The number of aromatic nitrogens is 4. The summed E-state index contributed by atoms with van der Waals surface area (Å²) in [6, 6.07) is 4.07. The van der Waals surface area contributed by atoms with E-state index < -0.39 is 0 Å². The van der Waals surface area contributed by atoms with E-state index in [1.165, 1.54) is 0 Å². The number of nitrogens with one attached hydrogen (secondary N) is 2. The SMILES string of the molecule is CN(c1nc2c(s1)N=C(n1ccc(-c3cn[nH]c3)cc1=O)CC2)C1CCNCC1. The number of H-pyrrole nitrogens is 1. The van der Waals surface area contributed by atoms with E-state index in [-0.39, 0.29) is 5.56 Å². The molecule has 5 rings (SSSR count). The van der Waals surface area contributed by atoms with E-state index in [1.807, 2.05) is 6.07 Å². The van der Waals surface area contributed by atoms with Crippen molar-refractivity contribution in [1.29, 1.82) is 0 Å². The number of anilines is 1. The first-order valence-electron chi connectivity index (χ1n) is 9.92. The smallest absolute Gasteiger partial charge is 0.256 e. The Kier molecular flexibility index (Phi) is 4.76. The molecule has 1 fully saturated rings. The minimum Gasteiger partial charge on any atom is -0.348 e. The predicted molar refractivity (Wildman–Crippen MR) is 116 cm³/mol. The van der Waals surface area contributed by atoms with E-state index in [2.05, 4.69) is 27.5 Å². The highest BCUT2D eigenvalue weighted by molar-refractivity contribution is 7.19. The van der Waals surface area contributed by atoms with Gasteiger partial charge in [-0.3, -0.25) is 14.5 Å². The molecule has 0 amide bonds. The van der Waals surface area contributed by atoms with Gasteiger partial charge >= 0.3 is 0 Å². The Morgan fingerprint density at radius 3 is 2.86 bits per heavy atom. The number of rotatable bonds is 3. The van der Waals surface area contributed by atoms with Gasteiger partial charge in [-0.2, -0.15) is 5.10 Å². The Bertz CT molecular complexity index is 1090. The van der Waals surface area contributed by atoms with Gasteiger partial charge in [-0.1, -0.05) is 11.3 Å². The molecule has 0 radical (unpaired) electrons. The van der Waals surface area contributed by atoms with Gasteiger partial charge in [0.2, 0.25) is 0 Å². The molecule has 0 unspecified atom stereocenters. The number of hydrogen-bond donors (Lipinski definition) is 2. The van der Waals surface area contributed by atoms with Crippen LogP contribution in [0.3, 0.4) is 0 Å². The number of thiazole rings is 1. The van der Waals surface area contributed by atoms with Crippen LogP contribution in [0.5, 0.6) is 0 Å². The highest BCUT2D eigenvalue weighted by Gasteiger charge is 2.24. The molecular weight excluding hydrogens is 386 g/mol. The number of fused-ring (bicyclic) bond motifs is 1. The summed E-state index contributed by atoms with van der Waals surface area (Å²) in [6.45, 7) is 2.11. The largest absolute Gasteiger partial charge is 0.348 e. The van der Waals surface area contributed by atoms with Crippen LogP contribution in [0.1, 0.15) is 25.0 Å². The van der Waals surface area contributed by atoms with Gasteiger partial charge < -0.3 is 10.2 Å². The monoisotopic (exact) mass is 409 g/mol. The highest BCUT2D eigenvalue weighted by Crippen LogP contribution is 2.37. The van der Waals surface area contributed by atoms with Crippen molar-refractivity contribution >= 4 is 27.3 Å². The van der Waals surface area contributed by atoms with E-state index in [4.69, 9.17) is 9.98 Å². The summed E-state index contributed by atoms with van der Waals surface area (Å²) < 4.78 is 1.64. The number of aromatic amines is 1. The van der Waals surface area contributed by atoms with Gasteiger partial charge in [-0.25, -0.2) is 9.98 Å². The average Bonchev–Trinajstić information content (AvgIpc) is 3.43. The third-order valence-corrected chi connectivity index (χ3v) is 6.75. The van der Waals surface area contributed by atoms with Gasteiger partial charge in [0.1, 0.15) is 10.8 Å². The molecule has 0 atom stereocenters. The lowest BCUT2D eigenvalue weighted by atomic mass is 10.1. The maximum atomic E-state index is 12.7. The van der Waals surface area contributed by atoms with E-state index in [9.17, 15) is 4.79 Å². The molecule has 0 aliphatic carbocycles. The summed E-state index contributed by atoms with van der Waals surface area (Å²) >= 11 is 1.62. The fraction of sp³-hybridized carbons (Fsp3) is 0.400. The minimum atomic E-state index is -0.0811. The molecule has 3 aromatic rings. The zero-order valence-corrected chi connectivity index (χ0v) is 17.1. The van der Waals surface area contributed by atoms with Crippen molar-refractivity contribution in [2.45, 2.75) is 31.7 Å². The molecule has 9 heteroatoms. The normalized spacial score (nSPS) is 17.1. The van der Waals surface area contributed by atoms with E-state index in [0.29, 0.717) is 12.5 Å². The molecule has 5 heterocycles. The number of nitrogens with zero attached hydrogens (tertiary/aromatic N) is 5. The van der Waals surface area contributed by atoms with Crippen LogP contribution in [0.25, 0.3) is 11.1 Å². The van der Waals surface area contributed by atoms with Crippen LogP contribution in [0.4, 0.5) is 10.1 Å². The van der Waals surface area contributed by atoms with Crippen LogP contribution >= 0.6 is 11.3 Å².